The Balaban J connectivity index is 2.36. The molecular weight excluding hydrogens is 207 g/mol. The number of hydrogen-bond acceptors (Lipinski definition) is 4. The quantitative estimate of drug-likeness (QED) is 0.527. The number of fused-ring (bicyclic) bond motifs is 1. The fourth-order valence-electron chi connectivity index (χ4n) is 0.989. The Morgan fingerprint density at radius 3 is 3.27 bits per heavy atom. The summed E-state index contributed by atoms with van der Waals surface area (Å²) in [6.07, 6.45) is 5.17. The van der Waals surface area contributed by atoms with Crippen LogP contribution in [0.5, 0.6) is 0 Å². The second-order valence-corrected chi connectivity index (χ2v) is 3.88. The van der Waals surface area contributed by atoms with Crippen molar-refractivity contribution < 1.29 is 8.35 Å². The molecule has 2 rings (SSSR count). The van der Waals surface area contributed by atoms with Gasteiger partial charge in [0, 0.05) is 0 Å². The maximum atomic E-state index is 5.02. The molecule has 0 saturated carbocycles. The summed E-state index contributed by atoms with van der Waals surface area (Å²) < 4.78 is 0.418. The van der Waals surface area contributed by atoms with Crippen molar-refractivity contribution in [2.75, 3.05) is 7.11 Å². The van der Waals surface area contributed by atoms with Crippen LogP contribution in [0.1, 0.15) is 0 Å². The Kier molecular flexibility index (Phi) is 1.39. The average Bonchev–Trinajstić information content (AvgIpc) is 2.45. The van der Waals surface area contributed by atoms with Crippen LogP contribution in [0.4, 0.5) is 0 Å². The first-order chi connectivity index (χ1) is 5.26. The molecule has 2 aliphatic rings. The zero-order chi connectivity index (χ0) is 7.90. The minimum absolute atomic E-state index is 0.418. The fraction of sp³-hybridized carbons (Fsp3) is 0.200. The first kappa shape index (κ1) is 7.03. The van der Waals surface area contributed by atoms with Gasteiger partial charge in [0.2, 0.25) is 0 Å². The summed E-state index contributed by atoms with van der Waals surface area (Å²) in [5.74, 6) is 0.938. The molecule has 2 unspecified atom stereocenters. The van der Waals surface area contributed by atoms with E-state index in [-0.39, 0.29) is 0 Å². The summed E-state index contributed by atoms with van der Waals surface area (Å²) in [6.45, 7) is 0. The third-order valence-electron chi connectivity index (χ3n) is 1.57. The molecule has 2 aliphatic heterocycles. The number of nitrogens with zero attached hydrogens (tertiary/aromatic N) is 4. The van der Waals surface area contributed by atoms with Gasteiger partial charge < -0.3 is 0 Å². The molecular formula is C5H8AsN4O+. The molecule has 0 aromatic carbocycles. The van der Waals surface area contributed by atoms with Gasteiger partial charge in [-0.25, -0.2) is 0 Å². The van der Waals surface area contributed by atoms with Crippen molar-refractivity contribution >= 4 is 29.8 Å². The normalized spacial score (nSPS) is 32.9. The van der Waals surface area contributed by atoms with Gasteiger partial charge >= 0.3 is 72.4 Å². The summed E-state index contributed by atoms with van der Waals surface area (Å²) in [4.78, 5) is 9.02. The molecule has 5 nitrogen and oxygen atoms in total. The molecule has 11 heavy (non-hydrogen) atoms. The summed E-state index contributed by atoms with van der Waals surface area (Å²) >= 11 is 1.45. The van der Waals surface area contributed by atoms with E-state index in [4.69, 9.17) is 4.84 Å². The van der Waals surface area contributed by atoms with Gasteiger partial charge in [-0.3, -0.25) is 0 Å². The predicted molar refractivity (Wildman–Crippen MR) is 42.7 cm³/mol. The van der Waals surface area contributed by atoms with E-state index >= 15 is 0 Å². The van der Waals surface area contributed by atoms with Crippen LogP contribution >= 0.6 is 0 Å². The van der Waals surface area contributed by atoms with Crippen LogP contribution in [-0.2, 0) is 4.84 Å². The van der Waals surface area contributed by atoms with Crippen LogP contribution in [0, 0.1) is 0 Å². The SMILES string of the molecule is CON1C=N[N+]2([AsH2])C=NC=C12. The Bertz CT molecular complexity index is 274. The minimum atomic E-state index is 0.418. The Labute approximate surface area is 72.9 Å². The molecule has 0 amide bonds. The van der Waals surface area contributed by atoms with Crippen LogP contribution in [0.3, 0.4) is 0 Å². The third kappa shape index (κ3) is 0.854. The average molecular weight is 215 g/mol. The molecule has 0 radical (unpaired) electrons. The van der Waals surface area contributed by atoms with Gasteiger partial charge in [0.25, 0.3) is 0 Å². The second kappa shape index (κ2) is 2.17. The van der Waals surface area contributed by atoms with Crippen molar-refractivity contribution in [1.29, 1.82) is 0 Å². The zero-order valence-electron chi connectivity index (χ0n) is 6.01. The van der Waals surface area contributed by atoms with Crippen molar-refractivity contribution in [2.24, 2.45) is 10.1 Å². The first-order valence-electron chi connectivity index (χ1n) is 3.08. The summed E-state index contributed by atoms with van der Waals surface area (Å²) in [7, 11) is 1.60. The van der Waals surface area contributed by atoms with E-state index in [0.717, 1.165) is 5.82 Å². The summed E-state index contributed by atoms with van der Waals surface area (Å²) in [6, 6.07) is 0. The number of hydrogen-bond donors (Lipinski definition) is 0. The van der Waals surface area contributed by atoms with Gasteiger partial charge in [-0.2, -0.15) is 0 Å². The van der Waals surface area contributed by atoms with E-state index in [2.05, 4.69) is 10.1 Å². The van der Waals surface area contributed by atoms with Crippen molar-refractivity contribution in [3.63, 3.8) is 0 Å². The molecule has 0 aliphatic carbocycles. The molecule has 6 heteroatoms. The van der Waals surface area contributed by atoms with Crippen LogP contribution < -0.4 is 0 Å². The van der Waals surface area contributed by atoms with Crippen molar-refractivity contribution in [3.05, 3.63) is 12.0 Å². The molecule has 0 N–H and O–H groups in total. The van der Waals surface area contributed by atoms with Gasteiger partial charge in [-0.1, -0.05) is 0 Å². The van der Waals surface area contributed by atoms with Crippen molar-refractivity contribution in [1.82, 2.24) is 5.06 Å². The second-order valence-electron chi connectivity index (χ2n) is 2.23. The monoisotopic (exact) mass is 215 g/mol. The Morgan fingerprint density at radius 1 is 1.73 bits per heavy atom. The van der Waals surface area contributed by atoms with Crippen LogP contribution in [0.25, 0.3) is 0 Å². The Morgan fingerprint density at radius 2 is 2.55 bits per heavy atom. The molecule has 0 fully saturated rings. The number of hydroxylamine groups is 2. The van der Waals surface area contributed by atoms with E-state index < -0.39 is 0 Å². The van der Waals surface area contributed by atoms with Crippen LogP contribution in [0.2, 0.25) is 0 Å². The molecule has 0 aromatic heterocycles. The van der Waals surface area contributed by atoms with E-state index in [9.17, 15) is 0 Å². The van der Waals surface area contributed by atoms with Gasteiger partial charge in [0.15, 0.2) is 0 Å². The molecule has 2 heterocycles. The van der Waals surface area contributed by atoms with Crippen LogP contribution in [0.15, 0.2) is 22.1 Å². The standard InChI is InChI=1S/C5H8AsN4O/c1-11-9-3-8-10(6)4-7-2-5(9)10/h2-4H,6H2,1H3/q+1. The fourth-order valence-corrected chi connectivity index (χ4v) is 1.65. The Hall–Kier alpha value is -0.642. The first-order valence-corrected chi connectivity index (χ1v) is 4.16. The summed E-state index contributed by atoms with van der Waals surface area (Å²) in [5, 5.41) is 5.81. The molecule has 58 valence electrons. The van der Waals surface area contributed by atoms with E-state index in [0.29, 0.717) is 3.51 Å². The topological polar surface area (TPSA) is 37.2 Å². The number of rotatable bonds is 1. The van der Waals surface area contributed by atoms with E-state index in [1.54, 1.807) is 31.1 Å². The van der Waals surface area contributed by atoms with Crippen molar-refractivity contribution in [2.45, 2.75) is 0 Å². The predicted octanol–water partition coefficient (Wildman–Crippen LogP) is -0.988. The summed E-state index contributed by atoms with van der Waals surface area (Å²) in [5.41, 5.74) is 0. The van der Waals surface area contributed by atoms with E-state index in [1.165, 1.54) is 17.1 Å². The van der Waals surface area contributed by atoms with Gasteiger partial charge in [0.05, 0.1) is 0 Å². The molecule has 0 spiro atoms. The van der Waals surface area contributed by atoms with Crippen molar-refractivity contribution in [3.8, 4) is 0 Å². The molecule has 0 aromatic rings. The number of aliphatic imine (C=N–C) groups is 1. The van der Waals surface area contributed by atoms with Gasteiger partial charge in [0.1, 0.15) is 0 Å². The zero-order valence-corrected chi connectivity index (χ0v) is 8.43. The molecule has 2 atom stereocenters. The maximum absolute atomic E-state index is 5.02. The molecule has 0 saturated heterocycles. The van der Waals surface area contributed by atoms with Gasteiger partial charge in [-0.15, -0.1) is 0 Å². The number of quaternary nitrogens is 1. The van der Waals surface area contributed by atoms with Gasteiger partial charge in [-0.05, 0) is 0 Å². The van der Waals surface area contributed by atoms with E-state index in [1.807, 2.05) is 0 Å². The third-order valence-corrected chi connectivity index (χ3v) is 2.68. The molecule has 0 bridgehead atoms. The van der Waals surface area contributed by atoms with Crippen LogP contribution in [-0.4, -0.2) is 45.4 Å².